The number of rotatable bonds is 32. The van der Waals surface area contributed by atoms with Gasteiger partial charge in [-0.2, -0.15) is 0 Å². The monoisotopic (exact) mass is 636 g/mol. The quantitative estimate of drug-likeness (QED) is 0.0384. The lowest BCUT2D eigenvalue weighted by molar-refractivity contribution is -0.161. The van der Waals surface area contributed by atoms with Crippen molar-refractivity contribution in [2.24, 2.45) is 0 Å². The van der Waals surface area contributed by atoms with E-state index in [1.54, 1.807) is 0 Å². The Bertz CT molecular complexity index is 761. The molecular formula is C38H68O7. The topological polar surface area (TPSA) is 113 Å². The zero-order chi connectivity index (χ0) is 33.2. The number of hydrogen-bond donors (Lipinski definition) is 3. The first-order valence-corrected chi connectivity index (χ1v) is 18.2. The predicted molar refractivity (Wildman–Crippen MR) is 185 cm³/mol. The van der Waals surface area contributed by atoms with Gasteiger partial charge in [-0.05, 0) is 51.4 Å². The van der Waals surface area contributed by atoms with Crippen molar-refractivity contribution in [1.82, 2.24) is 0 Å². The third kappa shape index (κ3) is 30.5. The molecule has 0 aromatic rings. The molecule has 0 rings (SSSR count). The minimum atomic E-state index is -0.939. The van der Waals surface area contributed by atoms with Gasteiger partial charge < -0.3 is 24.8 Å². The van der Waals surface area contributed by atoms with Gasteiger partial charge in [-0.3, -0.25) is 9.59 Å². The lowest BCUT2D eigenvalue weighted by Crippen LogP contribution is -2.29. The van der Waals surface area contributed by atoms with Crippen LogP contribution in [0.25, 0.3) is 0 Å². The molecule has 0 spiro atoms. The molecule has 0 fully saturated rings. The van der Waals surface area contributed by atoms with Crippen molar-refractivity contribution in [2.45, 2.75) is 180 Å². The van der Waals surface area contributed by atoms with E-state index in [-0.39, 0.29) is 25.4 Å². The average molecular weight is 637 g/mol. The first-order chi connectivity index (χ1) is 21.9. The minimum absolute atomic E-state index is 0.0424. The van der Waals surface area contributed by atoms with Crippen molar-refractivity contribution in [3.63, 3.8) is 0 Å². The first-order valence-electron chi connectivity index (χ1n) is 18.2. The van der Waals surface area contributed by atoms with Crippen LogP contribution in [0.4, 0.5) is 0 Å². The maximum Gasteiger partial charge on any atom is 0.306 e. The molecule has 0 radical (unpaired) electrons. The number of aliphatic hydroxyl groups excluding tert-OH is 3. The number of hydrogen-bond acceptors (Lipinski definition) is 7. The van der Waals surface area contributed by atoms with Crippen LogP contribution in [-0.4, -0.2) is 58.8 Å². The molecule has 0 bridgehead atoms. The van der Waals surface area contributed by atoms with Crippen LogP contribution in [-0.2, 0) is 19.1 Å². The second kappa shape index (κ2) is 33.4. The summed E-state index contributed by atoms with van der Waals surface area (Å²) in [4.78, 5) is 24.2. The molecule has 7 nitrogen and oxygen atoms in total. The summed E-state index contributed by atoms with van der Waals surface area (Å²) in [5.74, 6) is -0.876. The van der Waals surface area contributed by atoms with Crippen LogP contribution in [0.3, 0.4) is 0 Å². The highest BCUT2D eigenvalue weighted by Crippen LogP contribution is 2.13. The maximum atomic E-state index is 12.2. The summed E-state index contributed by atoms with van der Waals surface area (Å²) in [6.07, 6.45) is 32.3. The molecule has 0 amide bonds. The fraction of sp³-hybridized carbons (Fsp3) is 0.789. The largest absolute Gasteiger partial charge is 0.462 e. The lowest BCUT2D eigenvalue weighted by atomic mass is 10.0. The Balaban J connectivity index is 3.86. The van der Waals surface area contributed by atoms with Crippen LogP contribution in [0.2, 0.25) is 0 Å². The molecule has 7 heteroatoms. The molecule has 0 saturated heterocycles. The summed E-state index contributed by atoms with van der Waals surface area (Å²) in [6, 6.07) is 0. The van der Waals surface area contributed by atoms with Crippen LogP contribution >= 0.6 is 0 Å². The summed E-state index contributed by atoms with van der Waals surface area (Å²) in [5, 5.41) is 29.9. The highest BCUT2D eigenvalue weighted by atomic mass is 16.6. The van der Waals surface area contributed by atoms with Crippen molar-refractivity contribution < 1.29 is 34.4 Å². The molecule has 2 unspecified atom stereocenters. The molecule has 0 aromatic carbocycles. The van der Waals surface area contributed by atoms with E-state index in [9.17, 15) is 24.9 Å². The molecule has 262 valence electrons. The van der Waals surface area contributed by atoms with Gasteiger partial charge in [0.15, 0.2) is 6.10 Å². The van der Waals surface area contributed by atoms with Crippen LogP contribution in [0.15, 0.2) is 36.5 Å². The van der Waals surface area contributed by atoms with Crippen molar-refractivity contribution in [3.8, 4) is 0 Å². The van der Waals surface area contributed by atoms with E-state index in [2.05, 4.69) is 38.2 Å². The van der Waals surface area contributed by atoms with Crippen molar-refractivity contribution in [3.05, 3.63) is 36.5 Å². The van der Waals surface area contributed by atoms with Gasteiger partial charge in [0.05, 0.1) is 18.8 Å². The number of aliphatic hydroxyl groups is 3. The average Bonchev–Trinajstić information content (AvgIpc) is 3.03. The van der Waals surface area contributed by atoms with Crippen LogP contribution in [0.5, 0.6) is 0 Å². The fourth-order valence-electron chi connectivity index (χ4n) is 4.95. The van der Waals surface area contributed by atoms with E-state index in [1.165, 1.54) is 77.0 Å². The van der Waals surface area contributed by atoms with E-state index >= 15 is 0 Å². The second-order valence-corrected chi connectivity index (χ2v) is 12.3. The second-order valence-electron chi connectivity index (χ2n) is 12.3. The molecule has 3 atom stereocenters. The number of carbonyl (C=O) groups excluding carboxylic acids is 2. The summed E-state index contributed by atoms with van der Waals surface area (Å²) >= 11 is 0. The first kappa shape index (κ1) is 43.0. The molecule has 3 N–H and O–H groups in total. The number of esters is 2. The molecule has 0 aliphatic carbocycles. The van der Waals surface area contributed by atoms with Crippen molar-refractivity contribution in [2.75, 3.05) is 13.2 Å². The Morgan fingerprint density at radius 2 is 1.11 bits per heavy atom. The van der Waals surface area contributed by atoms with Crippen LogP contribution in [0, 0.1) is 0 Å². The lowest BCUT2D eigenvalue weighted by Gasteiger charge is -2.17. The SMILES string of the molecule is CCCCC/C=C\C/C=C\C/C=C\CC(O)C(O)CCCC(=O)O[C@@H](CO)COC(=O)CCCCCCCCCCCCCC. The van der Waals surface area contributed by atoms with E-state index in [0.29, 0.717) is 19.3 Å². The maximum absolute atomic E-state index is 12.2. The summed E-state index contributed by atoms with van der Waals surface area (Å²) < 4.78 is 10.4. The number of unbranched alkanes of at least 4 members (excludes halogenated alkanes) is 14. The minimum Gasteiger partial charge on any atom is -0.462 e. The molecular weight excluding hydrogens is 568 g/mol. The predicted octanol–water partition coefficient (Wildman–Crippen LogP) is 8.84. The van der Waals surface area contributed by atoms with Gasteiger partial charge in [0.2, 0.25) is 0 Å². The summed E-state index contributed by atoms with van der Waals surface area (Å²) in [6.45, 7) is 3.84. The Kier molecular flexibility index (Phi) is 31.9. The third-order valence-electron chi connectivity index (χ3n) is 7.89. The van der Waals surface area contributed by atoms with Crippen LogP contribution in [0.1, 0.15) is 162 Å². The molecule has 0 aromatic heterocycles. The molecule has 45 heavy (non-hydrogen) atoms. The van der Waals surface area contributed by atoms with Crippen LogP contribution < -0.4 is 0 Å². The van der Waals surface area contributed by atoms with Gasteiger partial charge in [-0.25, -0.2) is 0 Å². The van der Waals surface area contributed by atoms with Gasteiger partial charge in [-0.1, -0.05) is 134 Å². The molecule has 0 saturated carbocycles. The van der Waals surface area contributed by atoms with E-state index < -0.39 is 30.9 Å². The van der Waals surface area contributed by atoms with E-state index in [0.717, 1.165) is 38.5 Å². The zero-order valence-corrected chi connectivity index (χ0v) is 28.8. The Labute approximate surface area is 275 Å². The Morgan fingerprint density at radius 3 is 1.71 bits per heavy atom. The van der Waals surface area contributed by atoms with Gasteiger partial charge in [0, 0.05) is 12.8 Å². The molecule has 0 aliphatic heterocycles. The number of carbonyl (C=O) groups is 2. The number of allylic oxidation sites excluding steroid dienone is 5. The summed E-state index contributed by atoms with van der Waals surface area (Å²) in [5.41, 5.74) is 0. The van der Waals surface area contributed by atoms with Crippen molar-refractivity contribution >= 4 is 11.9 Å². The highest BCUT2D eigenvalue weighted by Gasteiger charge is 2.18. The van der Waals surface area contributed by atoms with E-state index in [4.69, 9.17) is 9.47 Å². The van der Waals surface area contributed by atoms with Gasteiger partial charge in [-0.15, -0.1) is 0 Å². The summed E-state index contributed by atoms with van der Waals surface area (Å²) in [7, 11) is 0. The van der Waals surface area contributed by atoms with Gasteiger partial charge >= 0.3 is 11.9 Å². The Morgan fingerprint density at radius 1 is 0.600 bits per heavy atom. The molecule has 0 heterocycles. The van der Waals surface area contributed by atoms with Gasteiger partial charge in [0.25, 0.3) is 0 Å². The standard InChI is InChI=1S/C38H68O7/c1-3-5-7-9-11-13-15-17-19-21-23-25-28-35(40)36(41)29-27-31-38(43)45-34(32-39)33-44-37(42)30-26-24-22-20-18-16-14-12-10-8-6-4-2/h11,13,17,19,23,25,34-36,39-41H,3-10,12,14-16,18,20-22,24,26-33H2,1-2H3/b13-11-,19-17-,25-23-/t34-,35?,36?/m0/s1. The van der Waals surface area contributed by atoms with E-state index in [1.807, 2.05) is 12.2 Å². The fourth-order valence-corrected chi connectivity index (χ4v) is 4.95. The molecule has 0 aliphatic rings. The highest BCUT2D eigenvalue weighted by molar-refractivity contribution is 5.70. The third-order valence-corrected chi connectivity index (χ3v) is 7.89. The zero-order valence-electron chi connectivity index (χ0n) is 28.8. The van der Waals surface area contributed by atoms with Crippen molar-refractivity contribution in [1.29, 1.82) is 0 Å². The normalized spacial score (nSPS) is 14.0. The number of ether oxygens (including phenoxy) is 2. The van der Waals surface area contributed by atoms with Gasteiger partial charge in [0.1, 0.15) is 6.61 Å². The smallest absolute Gasteiger partial charge is 0.306 e. The Hall–Kier alpha value is -1.96.